The van der Waals surface area contributed by atoms with E-state index in [4.69, 9.17) is 0 Å². The lowest BCUT2D eigenvalue weighted by Crippen LogP contribution is -2.53. The van der Waals surface area contributed by atoms with Gasteiger partial charge in [0.1, 0.15) is 5.75 Å². The zero-order chi connectivity index (χ0) is 31.8. The molecule has 6 unspecified atom stereocenters. The number of rotatable bonds is 4. The molecule has 8 nitrogen and oxygen atoms in total. The van der Waals surface area contributed by atoms with Crippen LogP contribution in [0.3, 0.4) is 0 Å². The molecule has 2 N–H and O–H groups in total. The Balaban J connectivity index is 1.44. The number of phenols is 1. The molecule has 0 radical (unpaired) electrons. The Kier molecular flexibility index (Phi) is 6.55. The quantitative estimate of drug-likeness (QED) is 0.302. The summed E-state index contributed by atoms with van der Waals surface area (Å²) in [4.78, 5) is 58.8. The number of carbonyl (C=O) groups is 4. The highest BCUT2D eigenvalue weighted by Crippen LogP contribution is 2.64. The number of nitrogens with zero attached hydrogens (tertiary/aromatic N) is 2. The van der Waals surface area contributed by atoms with Crippen LogP contribution in [-0.4, -0.2) is 44.2 Å². The molecule has 6 atom stereocenters. The average Bonchev–Trinajstić information content (AvgIpc) is 3.40. The number of phenolic OH excluding ortho intramolecular Hbond substituents is 1. The second-order valence-corrected chi connectivity index (χ2v) is 13.9. The highest BCUT2D eigenvalue weighted by Gasteiger charge is 2.70. The van der Waals surface area contributed by atoms with Gasteiger partial charge in [0.2, 0.25) is 11.8 Å². The molecule has 0 spiro atoms. The topological polar surface area (TPSA) is 107 Å². The van der Waals surface area contributed by atoms with Gasteiger partial charge < -0.3 is 5.11 Å². The molecule has 3 fully saturated rings. The van der Waals surface area contributed by atoms with Gasteiger partial charge in [-0.1, -0.05) is 71.8 Å². The Hall–Kier alpha value is -4.72. The number of allylic oxidation sites excluding steroid dienone is 2. The number of hydrogen-bond acceptors (Lipinski definition) is 6. The third-order valence-corrected chi connectivity index (χ3v) is 10.3. The number of fused-ring (bicyclic) bond motifs is 4. The van der Waals surface area contributed by atoms with Crippen LogP contribution in [0.1, 0.15) is 56.2 Å². The molecule has 230 valence electrons. The van der Waals surface area contributed by atoms with Crippen molar-refractivity contribution in [3.8, 4) is 5.75 Å². The van der Waals surface area contributed by atoms with Crippen molar-refractivity contribution in [2.24, 2.45) is 23.7 Å². The Morgan fingerprint density at radius 2 is 1.49 bits per heavy atom. The monoisotopic (exact) mass is 603 g/mol. The lowest BCUT2D eigenvalue weighted by Gasteiger charge is -2.50. The summed E-state index contributed by atoms with van der Waals surface area (Å²) in [7, 11) is 0. The Bertz CT molecular complexity index is 1740. The third kappa shape index (κ3) is 4.18. The highest BCUT2D eigenvalue weighted by molar-refractivity contribution is 6.13. The molecule has 3 aromatic carbocycles. The average molecular weight is 604 g/mol. The highest BCUT2D eigenvalue weighted by atomic mass is 16.3. The molecular formula is C37H37N3O5. The van der Waals surface area contributed by atoms with Gasteiger partial charge >= 0.3 is 0 Å². The largest absolute Gasteiger partial charge is 0.508 e. The standard InChI is InChI=1S/C37H37N3O5/c1-21-10-14-24(15-11-21)38-40-33(43)29-20-28-26(18-19-27-30(28)34(44)39(32(27)42)36(2,3)4)31(22-12-16-25(41)17-13-22)37(29,35(40)45)23-8-6-5-7-9-23/h5-18,27-31,38,41H,19-20H2,1-4H3. The van der Waals surface area contributed by atoms with Gasteiger partial charge in [0.25, 0.3) is 11.8 Å². The van der Waals surface area contributed by atoms with Crippen LogP contribution in [0.25, 0.3) is 0 Å². The number of aryl methyl sites for hydroxylation is 1. The summed E-state index contributed by atoms with van der Waals surface area (Å²) in [6, 6.07) is 23.7. The second-order valence-electron chi connectivity index (χ2n) is 13.9. The van der Waals surface area contributed by atoms with Crippen LogP contribution >= 0.6 is 0 Å². The normalized spacial score (nSPS) is 29.3. The number of hydrogen-bond donors (Lipinski definition) is 2. The number of nitrogens with one attached hydrogen (secondary N) is 1. The van der Waals surface area contributed by atoms with E-state index in [0.717, 1.165) is 21.7 Å². The van der Waals surface area contributed by atoms with Crippen molar-refractivity contribution in [3.05, 3.63) is 107 Å². The van der Waals surface area contributed by atoms with Gasteiger partial charge in [0.05, 0.1) is 28.9 Å². The second kappa shape index (κ2) is 10.2. The van der Waals surface area contributed by atoms with Crippen LogP contribution in [0.5, 0.6) is 5.75 Å². The van der Waals surface area contributed by atoms with E-state index in [0.29, 0.717) is 17.7 Å². The van der Waals surface area contributed by atoms with Crippen molar-refractivity contribution >= 4 is 29.3 Å². The van der Waals surface area contributed by atoms with E-state index < -0.39 is 40.5 Å². The van der Waals surface area contributed by atoms with E-state index in [1.807, 2.05) is 82.3 Å². The number of likely N-dealkylation sites (tertiary alicyclic amines) is 1. The lowest BCUT2D eigenvalue weighted by atomic mass is 9.49. The van der Waals surface area contributed by atoms with Crippen molar-refractivity contribution in [1.82, 2.24) is 9.91 Å². The first-order valence-electron chi connectivity index (χ1n) is 15.6. The molecule has 4 aliphatic rings. The maximum Gasteiger partial charge on any atom is 0.260 e. The molecule has 3 aromatic rings. The maximum absolute atomic E-state index is 15.0. The first-order chi connectivity index (χ1) is 21.4. The van der Waals surface area contributed by atoms with E-state index in [1.54, 1.807) is 24.3 Å². The van der Waals surface area contributed by atoms with Gasteiger partial charge in [-0.25, -0.2) is 0 Å². The van der Waals surface area contributed by atoms with Gasteiger partial charge in [0.15, 0.2) is 0 Å². The molecule has 1 saturated carbocycles. The summed E-state index contributed by atoms with van der Waals surface area (Å²) >= 11 is 0. The Labute approximate surface area is 262 Å². The minimum Gasteiger partial charge on any atom is -0.508 e. The number of carbonyl (C=O) groups excluding carboxylic acids is 4. The fourth-order valence-electron chi connectivity index (χ4n) is 8.45. The molecule has 0 aromatic heterocycles. The zero-order valence-electron chi connectivity index (χ0n) is 25.9. The molecule has 2 saturated heterocycles. The van der Waals surface area contributed by atoms with Gasteiger partial charge in [-0.05, 0) is 81.8 Å². The lowest BCUT2D eigenvalue weighted by molar-refractivity contribution is -0.146. The van der Waals surface area contributed by atoms with Gasteiger partial charge in [-0.3, -0.25) is 29.5 Å². The number of amides is 4. The van der Waals surface area contributed by atoms with Crippen molar-refractivity contribution in [3.63, 3.8) is 0 Å². The van der Waals surface area contributed by atoms with Crippen LogP contribution in [0, 0.1) is 30.6 Å². The molecule has 2 aliphatic heterocycles. The Morgan fingerprint density at radius 1 is 0.822 bits per heavy atom. The van der Waals surface area contributed by atoms with E-state index >= 15 is 4.79 Å². The van der Waals surface area contributed by atoms with E-state index in [2.05, 4.69) is 11.5 Å². The number of imide groups is 2. The SMILES string of the molecule is Cc1ccc(NN2C(=O)C3CC4C(=CCC5C(=O)N(C(C)(C)C)C(=O)C54)C(c4ccc(O)cc4)C3(c3ccccc3)C2=O)cc1. The van der Waals surface area contributed by atoms with Crippen molar-refractivity contribution < 1.29 is 24.3 Å². The molecule has 2 heterocycles. The van der Waals surface area contributed by atoms with E-state index in [9.17, 15) is 19.5 Å². The first kappa shape index (κ1) is 29.0. The maximum atomic E-state index is 15.0. The minimum absolute atomic E-state index is 0.0861. The zero-order valence-corrected chi connectivity index (χ0v) is 25.9. The van der Waals surface area contributed by atoms with E-state index in [1.165, 1.54) is 4.90 Å². The van der Waals surface area contributed by atoms with Crippen molar-refractivity contribution in [2.75, 3.05) is 5.43 Å². The predicted octanol–water partition coefficient (Wildman–Crippen LogP) is 5.48. The number of benzene rings is 3. The van der Waals surface area contributed by atoms with E-state index in [-0.39, 0.29) is 35.8 Å². The molecule has 45 heavy (non-hydrogen) atoms. The van der Waals surface area contributed by atoms with Crippen LogP contribution < -0.4 is 5.43 Å². The number of aromatic hydroxyl groups is 1. The molecule has 0 bridgehead atoms. The molecule has 4 amide bonds. The van der Waals surface area contributed by atoms with Crippen molar-refractivity contribution in [1.29, 1.82) is 0 Å². The Morgan fingerprint density at radius 3 is 2.13 bits per heavy atom. The summed E-state index contributed by atoms with van der Waals surface area (Å²) in [6.07, 6.45) is 2.69. The van der Waals surface area contributed by atoms with Crippen molar-refractivity contribution in [2.45, 2.75) is 57.4 Å². The molecular weight excluding hydrogens is 566 g/mol. The third-order valence-electron chi connectivity index (χ3n) is 10.3. The van der Waals surface area contributed by atoms with Gasteiger partial charge in [-0.2, -0.15) is 5.01 Å². The van der Waals surface area contributed by atoms with Crippen LogP contribution in [0.2, 0.25) is 0 Å². The summed E-state index contributed by atoms with van der Waals surface area (Å²) in [6.45, 7) is 7.56. The van der Waals surface area contributed by atoms with Crippen LogP contribution in [0.4, 0.5) is 5.69 Å². The fourth-order valence-corrected chi connectivity index (χ4v) is 8.45. The first-order valence-corrected chi connectivity index (χ1v) is 15.6. The summed E-state index contributed by atoms with van der Waals surface area (Å²) in [5, 5.41) is 11.4. The summed E-state index contributed by atoms with van der Waals surface area (Å²) in [5.41, 5.74) is 5.15. The number of anilines is 1. The van der Waals surface area contributed by atoms with Crippen LogP contribution in [0.15, 0.2) is 90.5 Å². The summed E-state index contributed by atoms with van der Waals surface area (Å²) < 4.78 is 0. The predicted molar refractivity (Wildman–Crippen MR) is 169 cm³/mol. The smallest absolute Gasteiger partial charge is 0.260 e. The van der Waals surface area contributed by atoms with Crippen LogP contribution in [-0.2, 0) is 24.6 Å². The van der Waals surface area contributed by atoms with Gasteiger partial charge in [-0.15, -0.1) is 0 Å². The fraction of sp³-hybridized carbons (Fsp3) is 0.351. The molecule has 2 aliphatic carbocycles. The minimum atomic E-state index is -1.32. The van der Waals surface area contributed by atoms with Gasteiger partial charge in [0, 0.05) is 11.5 Å². The molecule has 7 rings (SSSR count). The molecule has 8 heteroatoms. The number of hydrazine groups is 1. The summed E-state index contributed by atoms with van der Waals surface area (Å²) in [5.74, 6) is -3.99.